The van der Waals surface area contributed by atoms with Crippen LogP contribution in [-0.4, -0.2) is 29.6 Å². The van der Waals surface area contributed by atoms with Crippen LogP contribution in [-0.2, 0) is 0 Å². The van der Waals surface area contributed by atoms with Gasteiger partial charge in [0.15, 0.2) is 0 Å². The van der Waals surface area contributed by atoms with E-state index in [0.717, 1.165) is 34.2 Å². The Morgan fingerprint density at radius 3 is 2.68 bits per heavy atom. The molecule has 130 valence electrons. The van der Waals surface area contributed by atoms with Crippen molar-refractivity contribution in [1.82, 2.24) is 9.38 Å². The SMILES string of the molecule is COc1ccc(-c2nc3ccccn3c2NC2CCCC2)c(OC)c1. The lowest BCUT2D eigenvalue weighted by Gasteiger charge is -2.16. The molecule has 0 bridgehead atoms. The molecule has 1 aliphatic rings. The number of hydrogen-bond donors (Lipinski definition) is 1. The van der Waals surface area contributed by atoms with E-state index < -0.39 is 0 Å². The molecular formula is C20H23N3O2. The van der Waals surface area contributed by atoms with E-state index in [1.165, 1.54) is 25.7 Å². The van der Waals surface area contributed by atoms with Crippen LogP contribution in [0.3, 0.4) is 0 Å². The summed E-state index contributed by atoms with van der Waals surface area (Å²) in [4.78, 5) is 4.87. The summed E-state index contributed by atoms with van der Waals surface area (Å²) in [6, 6.07) is 12.4. The Kier molecular flexibility index (Phi) is 4.22. The maximum Gasteiger partial charge on any atom is 0.139 e. The molecular weight excluding hydrogens is 314 g/mol. The molecule has 0 atom stereocenters. The van der Waals surface area contributed by atoms with Gasteiger partial charge in [-0.3, -0.25) is 4.40 Å². The maximum absolute atomic E-state index is 5.61. The Morgan fingerprint density at radius 1 is 1.08 bits per heavy atom. The zero-order chi connectivity index (χ0) is 17.2. The van der Waals surface area contributed by atoms with Crippen LogP contribution < -0.4 is 14.8 Å². The lowest BCUT2D eigenvalue weighted by molar-refractivity contribution is 0.395. The van der Waals surface area contributed by atoms with Gasteiger partial charge in [0, 0.05) is 23.9 Å². The highest BCUT2D eigenvalue weighted by Gasteiger charge is 2.22. The normalized spacial score (nSPS) is 14.8. The number of methoxy groups -OCH3 is 2. The van der Waals surface area contributed by atoms with Crippen molar-refractivity contribution in [3.8, 4) is 22.8 Å². The Morgan fingerprint density at radius 2 is 1.92 bits per heavy atom. The summed E-state index contributed by atoms with van der Waals surface area (Å²) in [5.74, 6) is 2.57. The Bertz CT molecular complexity index is 882. The van der Waals surface area contributed by atoms with Gasteiger partial charge in [0.2, 0.25) is 0 Å². The molecule has 0 radical (unpaired) electrons. The molecule has 1 N–H and O–H groups in total. The molecule has 25 heavy (non-hydrogen) atoms. The minimum atomic E-state index is 0.503. The van der Waals surface area contributed by atoms with Crippen LogP contribution in [0.5, 0.6) is 11.5 Å². The van der Waals surface area contributed by atoms with Gasteiger partial charge in [-0.25, -0.2) is 4.98 Å². The average molecular weight is 337 g/mol. The molecule has 0 aliphatic heterocycles. The number of benzene rings is 1. The van der Waals surface area contributed by atoms with Gasteiger partial charge in [-0.05, 0) is 37.1 Å². The number of nitrogens with zero attached hydrogens (tertiary/aromatic N) is 2. The average Bonchev–Trinajstić information content (AvgIpc) is 3.30. The van der Waals surface area contributed by atoms with Crippen molar-refractivity contribution in [3.05, 3.63) is 42.6 Å². The van der Waals surface area contributed by atoms with Crippen LogP contribution in [0.25, 0.3) is 16.9 Å². The quantitative estimate of drug-likeness (QED) is 0.751. The van der Waals surface area contributed by atoms with Gasteiger partial charge in [0.05, 0.1) is 14.2 Å². The van der Waals surface area contributed by atoms with Crippen molar-refractivity contribution in [2.24, 2.45) is 0 Å². The molecule has 2 heterocycles. The molecule has 3 aromatic rings. The van der Waals surface area contributed by atoms with E-state index in [1.807, 2.05) is 36.4 Å². The van der Waals surface area contributed by atoms with E-state index in [-0.39, 0.29) is 0 Å². The van der Waals surface area contributed by atoms with Crippen LogP contribution in [0.2, 0.25) is 0 Å². The third kappa shape index (κ3) is 2.90. The van der Waals surface area contributed by atoms with Crippen molar-refractivity contribution >= 4 is 11.5 Å². The summed E-state index contributed by atoms with van der Waals surface area (Å²) >= 11 is 0. The van der Waals surface area contributed by atoms with Gasteiger partial charge in [0.1, 0.15) is 28.7 Å². The largest absolute Gasteiger partial charge is 0.497 e. The Balaban J connectivity index is 1.86. The predicted molar refractivity (Wildman–Crippen MR) is 99.6 cm³/mol. The first kappa shape index (κ1) is 15.8. The fourth-order valence-electron chi connectivity index (χ4n) is 3.58. The predicted octanol–water partition coefficient (Wildman–Crippen LogP) is 4.37. The molecule has 1 saturated carbocycles. The first-order chi connectivity index (χ1) is 12.3. The van der Waals surface area contributed by atoms with Crippen molar-refractivity contribution in [2.45, 2.75) is 31.7 Å². The fraction of sp³-hybridized carbons (Fsp3) is 0.350. The smallest absolute Gasteiger partial charge is 0.139 e. The van der Waals surface area contributed by atoms with Gasteiger partial charge in [0.25, 0.3) is 0 Å². The standard InChI is InChI=1S/C20H23N3O2/c1-24-15-10-11-16(17(13-15)25-2)19-20(21-14-7-3-4-8-14)23-12-6-5-9-18(23)22-19/h5-6,9-14,21H,3-4,7-8H2,1-2H3. The summed E-state index contributed by atoms with van der Waals surface area (Å²) in [6.07, 6.45) is 7.04. The molecule has 5 nitrogen and oxygen atoms in total. The summed E-state index contributed by atoms with van der Waals surface area (Å²) < 4.78 is 13.1. The van der Waals surface area contributed by atoms with Gasteiger partial charge in [-0.2, -0.15) is 0 Å². The number of pyridine rings is 1. The van der Waals surface area contributed by atoms with E-state index in [1.54, 1.807) is 14.2 Å². The second kappa shape index (κ2) is 6.67. The Hall–Kier alpha value is -2.69. The highest BCUT2D eigenvalue weighted by molar-refractivity contribution is 5.81. The zero-order valence-corrected chi connectivity index (χ0v) is 14.7. The van der Waals surface area contributed by atoms with Crippen LogP contribution in [0.4, 0.5) is 5.82 Å². The molecule has 1 fully saturated rings. The first-order valence-corrected chi connectivity index (χ1v) is 8.76. The minimum absolute atomic E-state index is 0.503. The molecule has 1 aliphatic carbocycles. The second-order valence-corrected chi connectivity index (χ2v) is 6.43. The topological polar surface area (TPSA) is 47.8 Å². The molecule has 1 aromatic carbocycles. The lowest BCUT2D eigenvalue weighted by atomic mass is 10.1. The number of fused-ring (bicyclic) bond motifs is 1. The van der Waals surface area contributed by atoms with E-state index in [2.05, 4.69) is 15.9 Å². The van der Waals surface area contributed by atoms with E-state index >= 15 is 0 Å². The van der Waals surface area contributed by atoms with Crippen LogP contribution in [0.15, 0.2) is 42.6 Å². The number of rotatable bonds is 5. The van der Waals surface area contributed by atoms with Gasteiger partial charge in [-0.15, -0.1) is 0 Å². The second-order valence-electron chi connectivity index (χ2n) is 6.43. The van der Waals surface area contributed by atoms with Crippen molar-refractivity contribution in [2.75, 3.05) is 19.5 Å². The van der Waals surface area contributed by atoms with Crippen molar-refractivity contribution < 1.29 is 9.47 Å². The molecule has 5 heteroatoms. The third-order valence-electron chi connectivity index (χ3n) is 4.89. The Labute approximate surface area is 147 Å². The number of anilines is 1. The summed E-state index contributed by atoms with van der Waals surface area (Å²) in [6.45, 7) is 0. The zero-order valence-electron chi connectivity index (χ0n) is 14.7. The minimum Gasteiger partial charge on any atom is -0.497 e. The summed E-state index contributed by atoms with van der Waals surface area (Å²) in [5, 5.41) is 3.72. The molecule has 2 aromatic heterocycles. The van der Waals surface area contributed by atoms with E-state index in [4.69, 9.17) is 14.5 Å². The lowest BCUT2D eigenvalue weighted by Crippen LogP contribution is -2.16. The molecule has 4 rings (SSSR count). The number of imidazole rings is 1. The van der Waals surface area contributed by atoms with Gasteiger partial charge in [-0.1, -0.05) is 18.9 Å². The number of aromatic nitrogens is 2. The molecule has 0 amide bonds. The molecule has 0 spiro atoms. The van der Waals surface area contributed by atoms with E-state index in [0.29, 0.717) is 6.04 Å². The van der Waals surface area contributed by atoms with Gasteiger partial charge < -0.3 is 14.8 Å². The fourth-order valence-corrected chi connectivity index (χ4v) is 3.58. The monoisotopic (exact) mass is 337 g/mol. The number of nitrogens with one attached hydrogen (secondary N) is 1. The number of hydrogen-bond acceptors (Lipinski definition) is 4. The van der Waals surface area contributed by atoms with Crippen molar-refractivity contribution in [1.29, 1.82) is 0 Å². The van der Waals surface area contributed by atoms with Crippen LogP contribution >= 0.6 is 0 Å². The summed E-state index contributed by atoms with van der Waals surface area (Å²) in [7, 11) is 3.34. The van der Waals surface area contributed by atoms with Crippen molar-refractivity contribution in [3.63, 3.8) is 0 Å². The maximum atomic E-state index is 5.61. The van der Waals surface area contributed by atoms with Crippen LogP contribution in [0.1, 0.15) is 25.7 Å². The summed E-state index contributed by atoms with van der Waals surface area (Å²) in [5.41, 5.74) is 2.81. The van der Waals surface area contributed by atoms with Gasteiger partial charge >= 0.3 is 0 Å². The van der Waals surface area contributed by atoms with E-state index in [9.17, 15) is 0 Å². The molecule has 0 saturated heterocycles. The molecule has 0 unspecified atom stereocenters. The van der Waals surface area contributed by atoms with Crippen LogP contribution in [0, 0.1) is 0 Å². The highest BCUT2D eigenvalue weighted by Crippen LogP contribution is 2.38. The highest BCUT2D eigenvalue weighted by atomic mass is 16.5. The first-order valence-electron chi connectivity index (χ1n) is 8.76. The number of ether oxygens (including phenoxy) is 2. The third-order valence-corrected chi connectivity index (χ3v) is 4.89.